The molecule has 0 saturated heterocycles. The fraction of sp³-hybridized carbons (Fsp3) is 0.909. The van der Waals surface area contributed by atoms with E-state index in [1.807, 2.05) is 11.8 Å². The predicted molar refractivity (Wildman–Crippen MR) is 73.3 cm³/mol. The number of amides is 1. The molecule has 0 rings (SSSR count). The molecular weight excluding hydrogens is 234 g/mol. The Hall–Kier alpha value is 1.08. The Morgan fingerprint density at radius 3 is 1.80 bits per heavy atom. The predicted octanol–water partition coefficient (Wildman–Crippen LogP) is 2.56. The summed E-state index contributed by atoms with van der Waals surface area (Å²) in [5.41, 5.74) is 0. The zero-order valence-electron chi connectivity index (χ0n) is 10.0. The third kappa shape index (κ3) is 9.98. The Kier molecular flexibility index (Phi) is 12.6. The van der Waals surface area contributed by atoms with Gasteiger partial charge in [-0.2, -0.15) is 0 Å². The van der Waals surface area contributed by atoms with Crippen LogP contribution in [0.3, 0.4) is 0 Å². The van der Waals surface area contributed by atoms with Crippen molar-refractivity contribution in [1.82, 2.24) is 4.90 Å². The van der Waals surface area contributed by atoms with Gasteiger partial charge in [0.1, 0.15) is 0 Å². The van der Waals surface area contributed by atoms with E-state index in [1.54, 1.807) is 0 Å². The summed E-state index contributed by atoms with van der Waals surface area (Å²) >= 11 is 1.41. The number of nitrogens with zero attached hydrogens (tertiary/aromatic N) is 1. The summed E-state index contributed by atoms with van der Waals surface area (Å²) < 4.78 is 0. The van der Waals surface area contributed by atoms with Crippen molar-refractivity contribution in [2.75, 3.05) is 18.8 Å². The Balaban J connectivity index is 0. The zero-order valence-corrected chi connectivity index (χ0v) is 10.9. The minimum absolute atomic E-state index is 0. The fourth-order valence-corrected chi connectivity index (χ4v) is 1.90. The van der Waals surface area contributed by atoms with Crippen molar-refractivity contribution >= 4 is 54.7 Å². The van der Waals surface area contributed by atoms with Gasteiger partial charge in [0.25, 0.3) is 5.24 Å². The van der Waals surface area contributed by atoms with E-state index in [4.69, 9.17) is 0 Å². The van der Waals surface area contributed by atoms with Crippen LogP contribution in [-0.4, -0.2) is 66.7 Å². The summed E-state index contributed by atoms with van der Waals surface area (Å²) in [5.74, 6) is 1.97. The Labute approximate surface area is 129 Å². The third-order valence-electron chi connectivity index (χ3n) is 1.70. The monoisotopic (exact) mass is 259 g/mol. The van der Waals surface area contributed by atoms with Crippen LogP contribution in [0.1, 0.15) is 34.6 Å². The summed E-state index contributed by atoms with van der Waals surface area (Å²) in [6.07, 6.45) is 0. The van der Waals surface area contributed by atoms with Gasteiger partial charge in [0, 0.05) is 13.1 Å². The number of thioether (sulfide) groups is 1. The average molecular weight is 259 g/mol. The van der Waals surface area contributed by atoms with Gasteiger partial charge in [-0.25, -0.2) is 0 Å². The van der Waals surface area contributed by atoms with E-state index in [0.29, 0.717) is 11.8 Å². The van der Waals surface area contributed by atoms with Gasteiger partial charge in [-0.3, -0.25) is 4.79 Å². The van der Waals surface area contributed by atoms with Crippen LogP contribution in [0, 0.1) is 11.8 Å². The van der Waals surface area contributed by atoms with Crippen molar-refractivity contribution in [3.05, 3.63) is 0 Å². The second kappa shape index (κ2) is 10.2. The Morgan fingerprint density at radius 1 is 1.13 bits per heavy atom. The summed E-state index contributed by atoms with van der Waals surface area (Å²) in [4.78, 5) is 13.7. The molecule has 0 spiro atoms. The molecule has 0 aliphatic carbocycles. The van der Waals surface area contributed by atoms with E-state index in [2.05, 4.69) is 27.7 Å². The van der Waals surface area contributed by atoms with Gasteiger partial charge in [0.2, 0.25) is 0 Å². The van der Waals surface area contributed by atoms with Gasteiger partial charge in [0.15, 0.2) is 0 Å². The molecule has 0 heterocycles. The molecular formula is C11H25CaNOS. The van der Waals surface area contributed by atoms with Crippen LogP contribution in [0.15, 0.2) is 0 Å². The molecule has 4 heteroatoms. The molecule has 88 valence electrons. The summed E-state index contributed by atoms with van der Waals surface area (Å²) in [7, 11) is 0. The molecule has 0 bridgehead atoms. The molecule has 0 saturated carbocycles. The minimum atomic E-state index is 0. The van der Waals surface area contributed by atoms with E-state index < -0.39 is 0 Å². The van der Waals surface area contributed by atoms with Crippen molar-refractivity contribution in [2.45, 2.75) is 34.6 Å². The first-order chi connectivity index (χ1) is 6.47. The molecule has 0 aromatic carbocycles. The first-order valence-electron chi connectivity index (χ1n) is 5.39. The first-order valence-corrected chi connectivity index (χ1v) is 6.37. The summed E-state index contributed by atoms with van der Waals surface area (Å²) in [5, 5.41) is 0.231. The molecule has 0 radical (unpaired) electrons. The topological polar surface area (TPSA) is 20.3 Å². The molecule has 0 aliphatic heterocycles. The average Bonchev–Trinajstić information content (AvgIpc) is 2.01. The Morgan fingerprint density at radius 2 is 1.53 bits per heavy atom. The van der Waals surface area contributed by atoms with Gasteiger partial charge in [-0.15, -0.1) is 0 Å². The van der Waals surface area contributed by atoms with Crippen LogP contribution < -0.4 is 0 Å². The van der Waals surface area contributed by atoms with Gasteiger partial charge >= 0.3 is 37.7 Å². The van der Waals surface area contributed by atoms with Crippen LogP contribution in [0.2, 0.25) is 0 Å². The molecule has 15 heavy (non-hydrogen) atoms. The SMILES string of the molecule is CCSC(=O)N(CC(C)C)CC(C)C.[CaH2]. The molecule has 0 fully saturated rings. The number of rotatable bonds is 5. The summed E-state index contributed by atoms with van der Waals surface area (Å²) in [6.45, 7) is 12.4. The number of hydrogen-bond acceptors (Lipinski definition) is 2. The maximum atomic E-state index is 11.7. The normalized spacial score (nSPS) is 10.3. The van der Waals surface area contributed by atoms with Crippen molar-refractivity contribution < 1.29 is 4.79 Å². The number of carbonyl (C=O) groups excluding carboxylic acids is 1. The van der Waals surface area contributed by atoms with Crippen molar-refractivity contribution in [3.8, 4) is 0 Å². The molecule has 0 N–H and O–H groups in total. The third-order valence-corrected chi connectivity index (χ3v) is 2.49. The molecule has 1 amide bonds. The molecule has 0 aromatic heterocycles. The van der Waals surface area contributed by atoms with Crippen LogP contribution >= 0.6 is 11.8 Å². The quantitative estimate of drug-likeness (QED) is 0.707. The van der Waals surface area contributed by atoms with Crippen LogP contribution in [0.25, 0.3) is 0 Å². The Bertz CT molecular complexity index is 164. The first kappa shape index (κ1) is 18.4. The molecule has 0 aromatic rings. The van der Waals surface area contributed by atoms with E-state index in [0.717, 1.165) is 18.8 Å². The maximum absolute atomic E-state index is 11.7. The van der Waals surface area contributed by atoms with Crippen LogP contribution in [-0.2, 0) is 0 Å². The number of carbonyl (C=O) groups is 1. The molecule has 0 unspecified atom stereocenters. The molecule has 0 atom stereocenters. The van der Waals surface area contributed by atoms with E-state index >= 15 is 0 Å². The summed E-state index contributed by atoms with van der Waals surface area (Å²) in [6, 6.07) is 0. The molecule has 0 aliphatic rings. The van der Waals surface area contributed by atoms with Crippen molar-refractivity contribution in [2.24, 2.45) is 11.8 Å². The van der Waals surface area contributed by atoms with Crippen molar-refractivity contribution in [1.29, 1.82) is 0 Å². The number of hydrogen-bond donors (Lipinski definition) is 0. The van der Waals surface area contributed by atoms with E-state index in [9.17, 15) is 4.79 Å². The van der Waals surface area contributed by atoms with Gasteiger partial charge in [-0.05, 0) is 17.6 Å². The van der Waals surface area contributed by atoms with Gasteiger partial charge in [0.05, 0.1) is 0 Å². The van der Waals surface area contributed by atoms with Crippen LogP contribution in [0.5, 0.6) is 0 Å². The van der Waals surface area contributed by atoms with E-state index in [-0.39, 0.29) is 43.0 Å². The second-order valence-corrected chi connectivity index (χ2v) is 5.61. The molecule has 2 nitrogen and oxygen atoms in total. The van der Waals surface area contributed by atoms with Gasteiger partial charge < -0.3 is 4.90 Å². The zero-order chi connectivity index (χ0) is 11.1. The fourth-order valence-electron chi connectivity index (χ4n) is 1.32. The van der Waals surface area contributed by atoms with Crippen LogP contribution in [0.4, 0.5) is 4.79 Å². The van der Waals surface area contributed by atoms with E-state index in [1.165, 1.54) is 11.8 Å². The standard InChI is InChI=1S/C11H23NOS.Ca.2H/c1-6-14-11(13)12(7-9(2)3)8-10(4)5;;;/h9-10H,6-8H2,1-5H3;;;. The van der Waals surface area contributed by atoms with Crippen molar-refractivity contribution in [3.63, 3.8) is 0 Å². The second-order valence-electron chi connectivity index (χ2n) is 4.39. The van der Waals surface area contributed by atoms with Gasteiger partial charge in [-0.1, -0.05) is 46.4 Å².